The van der Waals surface area contributed by atoms with Crippen LogP contribution in [0.5, 0.6) is 0 Å². The predicted molar refractivity (Wildman–Crippen MR) is 88.4 cm³/mol. The zero-order valence-electron chi connectivity index (χ0n) is 13.6. The zero-order valence-corrected chi connectivity index (χ0v) is 13.6. The van der Waals surface area contributed by atoms with Crippen LogP contribution in [0.2, 0.25) is 0 Å². The summed E-state index contributed by atoms with van der Waals surface area (Å²) >= 11 is 0. The summed E-state index contributed by atoms with van der Waals surface area (Å²) in [5, 5.41) is 0. The van der Waals surface area contributed by atoms with Gasteiger partial charge in [-0.05, 0) is 12.8 Å². The summed E-state index contributed by atoms with van der Waals surface area (Å²) in [4.78, 5) is 22.9. The van der Waals surface area contributed by atoms with Crippen LogP contribution in [0, 0.1) is 0 Å². The highest BCUT2D eigenvalue weighted by atomic mass is 16.5. The lowest BCUT2D eigenvalue weighted by Gasteiger charge is -2.05. The molecule has 4 nitrogen and oxygen atoms in total. The molecule has 0 radical (unpaired) electrons. The molecule has 0 spiro atoms. The molecule has 0 N–H and O–H groups in total. The third-order valence-corrected chi connectivity index (χ3v) is 2.96. The Hall–Kier alpha value is -1.84. The fourth-order valence-electron chi connectivity index (χ4n) is 1.73. The zero-order chi connectivity index (χ0) is 16.6. The fraction of sp³-hybridized carbons (Fsp3) is 0.556. The summed E-state index contributed by atoms with van der Waals surface area (Å²) in [5.41, 5.74) is 0.0991. The van der Waals surface area contributed by atoms with Crippen LogP contribution in [0.4, 0.5) is 0 Å². The average molecular weight is 308 g/mol. The molecule has 0 aliphatic rings. The predicted octanol–water partition coefficient (Wildman–Crippen LogP) is 4.12. The first-order chi connectivity index (χ1) is 10.6. The van der Waals surface area contributed by atoms with Gasteiger partial charge >= 0.3 is 11.9 Å². The van der Waals surface area contributed by atoms with Crippen molar-refractivity contribution >= 4 is 11.9 Å². The highest BCUT2D eigenvalue weighted by Gasteiger charge is 2.13. The van der Waals surface area contributed by atoms with Crippen molar-refractivity contribution in [2.24, 2.45) is 0 Å². The van der Waals surface area contributed by atoms with Gasteiger partial charge in [-0.1, -0.05) is 64.0 Å². The monoisotopic (exact) mass is 308 g/mol. The molecule has 124 valence electrons. The van der Waals surface area contributed by atoms with E-state index in [-0.39, 0.29) is 25.2 Å². The van der Waals surface area contributed by atoms with Gasteiger partial charge < -0.3 is 9.47 Å². The molecule has 0 aliphatic heterocycles. The van der Waals surface area contributed by atoms with Crippen molar-refractivity contribution < 1.29 is 19.1 Å². The quantitative estimate of drug-likeness (QED) is 0.222. The van der Waals surface area contributed by atoms with E-state index in [2.05, 4.69) is 20.1 Å². The lowest BCUT2D eigenvalue weighted by Crippen LogP contribution is -2.13. The molecule has 0 unspecified atom stereocenters. The number of unbranched alkanes of at least 4 members (excludes halogenated alkanes) is 5. The molecule has 0 saturated carbocycles. The van der Waals surface area contributed by atoms with Crippen LogP contribution in [-0.4, -0.2) is 25.2 Å². The molecule has 0 saturated heterocycles. The minimum atomic E-state index is -0.567. The minimum absolute atomic E-state index is 0.0991. The van der Waals surface area contributed by atoms with Crippen LogP contribution in [0.1, 0.15) is 51.9 Å². The lowest BCUT2D eigenvalue weighted by atomic mass is 10.1. The summed E-state index contributed by atoms with van der Waals surface area (Å²) in [7, 11) is 0. The molecule has 0 amide bonds. The second kappa shape index (κ2) is 14.1. The summed E-state index contributed by atoms with van der Waals surface area (Å²) in [6, 6.07) is 0. The van der Waals surface area contributed by atoms with Crippen LogP contribution in [0.25, 0.3) is 0 Å². The smallest absolute Gasteiger partial charge is 0.334 e. The molecule has 0 aromatic carbocycles. The molecule has 0 atom stereocenters. The number of rotatable bonds is 13. The first-order valence-corrected chi connectivity index (χ1v) is 7.88. The van der Waals surface area contributed by atoms with Gasteiger partial charge in [-0.3, -0.25) is 4.79 Å². The second-order valence-corrected chi connectivity index (χ2v) is 5.02. The van der Waals surface area contributed by atoms with Gasteiger partial charge in [0.05, 0.1) is 6.42 Å². The van der Waals surface area contributed by atoms with Crippen molar-refractivity contribution in [3.8, 4) is 0 Å². The molecule has 0 heterocycles. The molecule has 0 bridgehead atoms. The van der Waals surface area contributed by atoms with Gasteiger partial charge in [-0.15, -0.1) is 0 Å². The number of carbonyl (C=O) groups excluding carboxylic acids is 2. The van der Waals surface area contributed by atoms with Gasteiger partial charge in [-0.2, -0.15) is 0 Å². The van der Waals surface area contributed by atoms with Crippen LogP contribution in [0.3, 0.4) is 0 Å². The Morgan fingerprint density at radius 3 is 2.41 bits per heavy atom. The normalized spacial score (nSPS) is 10.4. The molecular formula is C18H28O4. The average Bonchev–Trinajstić information content (AvgIpc) is 2.51. The fourth-order valence-corrected chi connectivity index (χ4v) is 1.73. The Morgan fingerprint density at radius 1 is 1.00 bits per heavy atom. The minimum Gasteiger partial charge on any atom is -0.461 e. The van der Waals surface area contributed by atoms with Crippen molar-refractivity contribution in [3.63, 3.8) is 0 Å². The van der Waals surface area contributed by atoms with Gasteiger partial charge in [0.2, 0.25) is 0 Å². The number of hydrogen-bond donors (Lipinski definition) is 0. The summed E-state index contributed by atoms with van der Waals surface area (Å²) in [5.74, 6) is -1.08. The summed E-state index contributed by atoms with van der Waals surface area (Å²) in [6.45, 7) is 9.49. The van der Waals surface area contributed by atoms with Crippen molar-refractivity contribution in [1.82, 2.24) is 0 Å². The number of esters is 2. The Balaban J connectivity index is 3.68. The lowest BCUT2D eigenvalue weighted by molar-refractivity contribution is -0.145. The van der Waals surface area contributed by atoms with E-state index in [4.69, 9.17) is 9.47 Å². The molecule has 0 aliphatic carbocycles. The van der Waals surface area contributed by atoms with Crippen molar-refractivity contribution in [2.75, 3.05) is 13.2 Å². The van der Waals surface area contributed by atoms with E-state index < -0.39 is 11.9 Å². The van der Waals surface area contributed by atoms with Crippen LogP contribution in [0.15, 0.2) is 37.0 Å². The highest BCUT2D eigenvalue weighted by Crippen LogP contribution is 2.06. The van der Waals surface area contributed by atoms with Gasteiger partial charge in [0.1, 0.15) is 13.2 Å². The van der Waals surface area contributed by atoms with Crippen LogP contribution >= 0.6 is 0 Å². The van der Waals surface area contributed by atoms with E-state index in [0.29, 0.717) is 0 Å². The highest BCUT2D eigenvalue weighted by molar-refractivity contribution is 5.93. The largest absolute Gasteiger partial charge is 0.461 e. The topological polar surface area (TPSA) is 52.6 Å². The Kier molecular flexibility index (Phi) is 12.9. The van der Waals surface area contributed by atoms with Gasteiger partial charge in [0.25, 0.3) is 0 Å². The first kappa shape index (κ1) is 20.2. The standard InChI is InChI=1S/C18H28O4/c1-4-6-7-8-9-10-11-12-14-22-18(20)16(3)15-17(19)21-13-5-2/h5,11-12H,2-4,6-10,13-15H2,1H3. The van der Waals surface area contributed by atoms with Gasteiger partial charge in [0.15, 0.2) is 0 Å². The van der Waals surface area contributed by atoms with Crippen LogP contribution < -0.4 is 0 Å². The van der Waals surface area contributed by atoms with E-state index >= 15 is 0 Å². The summed E-state index contributed by atoms with van der Waals surface area (Å²) in [6.07, 6.45) is 12.3. The number of ether oxygens (including phenoxy) is 2. The van der Waals surface area contributed by atoms with Crippen LogP contribution in [-0.2, 0) is 19.1 Å². The molecule has 0 aromatic heterocycles. The van der Waals surface area contributed by atoms with E-state index in [1.165, 1.54) is 31.8 Å². The number of hydrogen-bond acceptors (Lipinski definition) is 4. The van der Waals surface area contributed by atoms with E-state index in [9.17, 15) is 9.59 Å². The van der Waals surface area contributed by atoms with Gasteiger partial charge in [-0.25, -0.2) is 4.79 Å². The van der Waals surface area contributed by atoms with E-state index in [0.717, 1.165) is 12.8 Å². The van der Waals surface area contributed by atoms with Crippen molar-refractivity contribution in [1.29, 1.82) is 0 Å². The molecule has 0 aromatic rings. The van der Waals surface area contributed by atoms with Gasteiger partial charge in [0, 0.05) is 5.57 Å². The Labute approximate surface area is 133 Å². The van der Waals surface area contributed by atoms with Crippen molar-refractivity contribution in [3.05, 3.63) is 37.0 Å². The molecule has 4 heteroatoms. The number of carbonyl (C=O) groups is 2. The first-order valence-electron chi connectivity index (χ1n) is 7.88. The maximum Gasteiger partial charge on any atom is 0.334 e. The van der Waals surface area contributed by atoms with E-state index in [1.807, 2.05) is 12.2 Å². The Morgan fingerprint density at radius 2 is 1.73 bits per heavy atom. The molecule has 22 heavy (non-hydrogen) atoms. The molecule has 0 rings (SSSR count). The third kappa shape index (κ3) is 11.9. The molecule has 0 fully saturated rings. The maximum atomic E-state index is 11.6. The summed E-state index contributed by atoms with van der Waals surface area (Å²) < 4.78 is 9.77. The number of allylic oxidation sites excluding steroid dienone is 1. The second-order valence-electron chi connectivity index (χ2n) is 5.02. The Bertz CT molecular complexity index is 383. The maximum absolute atomic E-state index is 11.6. The van der Waals surface area contributed by atoms with E-state index in [1.54, 1.807) is 0 Å². The SMILES string of the molecule is C=CCOC(=O)CC(=C)C(=O)OCC=CCCCCCCC. The third-order valence-electron chi connectivity index (χ3n) is 2.96. The van der Waals surface area contributed by atoms with Crippen molar-refractivity contribution in [2.45, 2.75) is 51.9 Å². The molecular weight excluding hydrogens is 280 g/mol.